The van der Waals surface area contributed by atoms with Crippen LogP contribution in [0.3, 0.4) is 0 Å². The Labute approximate surface area is 121 Å². The Kier molecular flexibility index (Phi) is 5.91. The van der Waals surface area contributed by atoms with E-state index in [1.54, 1.807) is 0 Å². The van der Waals surface area contributed by atoms with Crippen LogP contribution in [0.4, 0.5) is 0 Å². The van der Waals surface area contributed by atoms with Crippen LogP contribution in [-0.2, 0) is 8.85 Å². The van der Waals surface area contributed by atoms with Gasteiger partial charge in [-0.3, -0.25) is 0 Å². The van der Waals surface area contributed by atoms with E-state index < -0.39 is 9.28 Å². The van der Waals surface area contributed by atoms with Crippen molar-refractivity contribution in [3.8, 4) is 0 Å². The first-order valence-electron chi connectivity index (χ1n) is 8.46. The van der Waals surface area contributed by atoms with Gasteiger partial charge in [0, 0.05) is 18.3 Å². The summed E-state index contributed by atoms with van der Waals surface area (Å²) < 4.78 is 12.3. The Morgan fingerprint density at radius 3 is 2.16 bits per heavy atom. The molecule has 2 nitrogen and oxygen atoms in total. The van der Waals surface area contributed by atoms with Crippen LogP contribution in [0.25, 0.3) is 0 Å². The highest BCUT2D eigenvalue weighted by Gasteiger charge is 2.50. The predicted molar refractivity (Wildman–Crippen MR) is 82.7 cm³/mol. The predicted octanol–water partition coefficient (Wildman–Crippen LogP) is 4.42. The van der Waals surface area contributed by atoms with Crippen LogP contribution in [0.1, 0.15) is 72.1 Å². The second kappa shape index (κ2) is 7.23. The molecule has 2 rings (SSSR count). The van der Waals surface area contributed by atoms with Gasteiger partial charge in [0.2, 0.25) is 0 Å². The lowest BCUT2D eigenvalue weighted by Gasteiger charge is -2.44. The first-order valence-corrected chi connectivity index (χ1v) is 9.98. The van der Waals surface area contributed by atoms with Crippen LogP contribution in [0.15, 0.2) is 0 Å². The minimum Gasteiger partial charge on any atom is -0.396 e. The second-order valence-corrected chi connectivity index (χ2v) is 9.13. The molecule has 0 spiro atoms. The smallest absolute Gasteiger partial charge is 0.328 e. The van der Waals surface area contributed by atoms with Crippen molar-refractivity contribution in [2.75, 3.05) is 13.2 Å². The number of hydrogen-bond donors (Lipinski definition) is 0. The maximum absolute atomic E-state index is 6.17. The van der Waals surface area contributed by atoms with E-state index in [0.29, 0.717) is 5.04 Å². The first kappa shape index (κ1) is 15.5. The molecule has 19 heavy (non-hydrogen) atoms. The third kappa shape index (κ3) is 3.42. The number of rotatable bonds is 6. The molecule has 0 radical (unpaired) electrons. The van der Waals surface area contributed by atoms with Gasteiger partial charge in [-0.1, -0.05) is 39.0 Å². The van der Waals surface area contributed by atoms with E-state index >= 15 is 0 Å². The summed E-state index contributed by atoms with van der Waals surface area (Å²) in [5, 5.41) is 0.459. The van der Waals surface area contributed by atoms with Crippen molar-refractivity contribution in [3.63, 3.8) is 0 Å². The third-order valence-corrected chi connectivity index (χ3v) is 8.65. The molecule has 0 aromatic heterocycles. The van der Waals surface area contributed by atoms with Gasteiger partial charge in [0.05, 0.1) is 0 Å². The second-order valence-electron chi connectivity index (χ2n) is 6.65. The summed E-state index contributed by atoms with van der Waals surface area (Å²) in [5.74, 6) is 1.79. The van der Waals surface area contributed by atoms with E-state index in [0.717, 1.165) is 25.0 Å². The lowest BCUT2D eigenvalue weighted by atomic mass is 9.74. The van der Waals surface area contributed by atoms with Gasteiger partial charge in [-0.2, -0.15) is 0 Å². The quantitative estimate of drug-likeness (QED) is 0.672. The van der Waals surface area contributed by atoms with Gasteiger partial charge >= 0.3 is 9.28 Å². The van der Waals surface area contributed by atoms with E-state index in [2.05, 4.69) is 20.8 Å². The molecule has 112 valence electrons. The summed E-state index contributed by atoms with van der Waals surface area (Å²) in [4.78, 5) is 0. The van der Waals surface area contributed by atoms with E-state index in [1.165, 1.54) is 51.4 Å². The van der Waals surface area contributed by atoms with Crippen molar-refractivity contribution >= 4 is 9.28 Å². The highest BCUT2D eigenvalue weighted by molar-refractivity contribution is 6.49. The molecule has 2 fully saturated rings. The van der Waals surface area contributed by atoms with Crippen LogP contribution in [0, 0.1) is 11.8 Å². The summed E-state index contributed by atoms with van der Waals surface area (Å²) >= 11 is 0. The Morgan fingerprint density at radius 1 is 1.00 bits per heavy atom. The Balaban J connectivity index is 2.14. The maximum atomic E-state index is 6.17. The van der Waals surface area contributed by atoms with Crippen LogP contribution in [0.5, 0.6) is 0 Å². The molecule has 0 saturated heterocycles. The molecule has 2 atom stereocenters. The summed E-state index contributed by atoms with van der Waals surface area (Å²) in [5.41, 5.74) is 0. The molecule has 3 heteroatoms. The monoisotopic (exact) mass is 284 g/mol. The first-order chi connectivity index (χ1) is 9.23. The fraction of sp³-hybridized carbons (Fsp3) is 1.00. The van der Waals surface area contributed by atoms with Gasteiger partial charge in [0.25, 0.3) is 0 Å². The Bertz CT molecular complexity index is 251. The van der Waals surface area contributed by atoms with Crippen LogP contribution >= 0.6 is 0 Å². The summed E-state index contributed by atoms with van der Waals surface area (Å²) in [7, 11) is -1.52. The Morgan fingerprint density at radius 2 is 1.63 bits per heavy atom. The van der Waals surface area contributed by atoms with Gasteiger partial charge < -0.3 is 8.85 Å². The molecule has 2 aliphatic rings. The summed E-state index contributed by atoms with van der Waals surface area (Å²) in [6, 6.07) is 0. The van der Waals surface area contributed by atoms with Crippen LogP contribution in [0.2, 0.25) is 5.04 Å². The Hall–Kier alpha value is 0.137. The van der Waals surface area contributed by atoms with Crippen LogP contribution < -0.4 is 0 Å². The van der Waals surface area contributed by atoms with Gasteiger partial charge in [-0.05, 0) is 44.9 Å². The molecular formula is C16H32O2Si. The van der Waals surface area contributed by atoms with Crippen molar-refractivity contribution in [3.05, 3.63) is 0 Å². The molecule has 0 aromatic carbocycles. The number of hydrogen-bond acceptors (Lipinski definition) is 2. The van der Waals surface area contributed by atoms with Crippen molar-refractivity contribution in [1.29, 1.82) is 0 Å². The molecular weight excluding hydrogens is 252 g/mol. The van der Waals surface area contributed by atoms with Crippen molar-refractivity contribution in [2.24, 2.45) is 11.8 Å². The van der Waals surface area contributed by atoms with Gasteiger partial charge in [-0.15, -0.1) is 0 Å². The molecule has 2 saturated carbocycles. The van der Waals surface area contributed by atoms with Gasteiger partial charge in [0.15, 0.2) is 0 Å². The fourth-order valence-electron chi connectivity index (χ4n) is 4.51. The molecule has 0 heterocycles. The van der Waals surface area contributed by atoms with Gasteiger partial charge in [0.1, 0.15) is 0 Å². The summed E-state index contributed by atoms with van der Waals surface area (Å²) in [6.07, 6.45) is 11.2. The van der Waals surface area contributed by atoms with E-state index in [-0.39, 0.29) is 0 Å². The minimum atomic E-state index is -1.52. The highest BCUT2D eigenvalue weighted by atomic mass is 28.3. The average Bonchev–Trinajstić information content (AvgIpc) is 2.89. The molecule has 2 aliphatic carbocycles. The normalized spacial score (nSPS) is 30.9. The molecule has 0 N–H and O–H groups in total. The highest BCUT2D eigenvalue weighted by Crippen LogP contribution is 2.58. The van der Waals surface area contributed by atoms with Crippen molar-refractivity contribution in [2.45, 2.75) is 77.2 Å². The zero-order valence-corrected chi connectivity index (χ0v) is 14.3. The zero-order chi connectivity index (χ0) is 13.7. The van der Waals surface area contributed by atoms with Crippen molar-refractivity contribution in [1.82, 2.24) is 0 Å². The third-order valence-electron chi connectivity index (χ3n) is 5.39. The maximum Gasteiger partial charge on any atom is 0.328 e. The largest absolute Gasteiger partial charge is 0.396 e. The summed E-state index contributed by atoms with van der Waals surface area (Å²) in [6.45, 7) is 8.37. The van der Waals surface area contributed by atoms with Crippen molar-refractivity contribution < 1.29 is 8.85 Å². The van der Waals surface area contributed by atoms with Crippen LogP contribution in [-0.4, -0.2) is 22.5 Å². The SMILES string of the molecule is CCO[SiH](OCC)C1(C2CCCC(C)C2)CCCC1. The average molecular weight is 285 g/mol. The lowest BCUT2D eigenvalue weighted by Crippen LogP contribution is -2.43. The topological polar surface area (TPSA) is 18.5 Å². The van der Waals surface area contributed by atoms with E-state index in [9.17, 15) is 0 Å². The molecule has 0 aromatic rings. The molecule has 0 amide bonds. The minimum absolute atomic E-state index is 0.459. The molecule has 0 bridgehead atoms. The zero-order valence-electron chi connectivity index (χ0n) is 13.1. The lowest BCUT2D eigenvalue weighted by molar-refractivity contribution is 0.133. The molecule has 0 aliphatic heterocycles. The van der Waals surface area contributed by atoms with E-state index in [1.807, 2.05) is 0 Å². The van der Waals surface area contributed by atoms with Gasteiger partial charge in [-0.25, -0.2) is 0 Å². The van der Waals surface area contributed by atoms with E-state index in [4.69, 9.17) is 8.85 Å². The molecule has 2 unspecified atom stereocenters. The standard InChI is InChI=1S/C16H32O2Si/c1-4-17-19(18-5-2)16(11-6-7-12-16)15-10-8-9-14(3)13-15/h14-15,19H,4-13H2,1-3H3. The fourth-order valence-corrected chi connectivity index (χ4v) is 7.44.